The van der Waals surface area contributed by atoms with E-state index in [1.54, 1.807) is 6.20 Å². The van der Waals surface area contributed by atoms with Gasteiger partial charge in [-0.2, -0.15) is 0 Å². The number of fused-ring (bicyclic) bond motifs is 1. The van der Waals surface area contributed by atoms with Crippen LogP contribution in [-0.4, -0.2) is 20.4 Å². The maximum Gasteiger partial charge on any atom is 0.137 e. The van der Waals surface area contributed by atoms with Gasteiger partial charge in [0.15, 0.2) is 0 Å². The fourth-order valence-corrected chi connectivity index (χ4v) is 2.34. The van der Waals surface area contributed by atoms with Crippen LogP contribution in [0.15, 0.2) is 36.4 Å². The van der Waals surface area contributed by atoms with Gasteiger partial charge >= 0.3 is 0 Å². The van der Waals surface area contributed by atoms with Crippen LogP contribution in [0.3, 0.4) is 0 Å². The Balaban J connectivity index is 0.00000176. The van der Waals surface area contributed by atoms with Gasteiger partial charge < -0.3 is 20.9 Å². The molecule has 1 saturated carbocycles. The fraction of sp³-hybridized carbons (Fsp3) is 0.438. The molecule has 0 bridgehead atoms. The molecule has 2 aromatic heterocycles. The van der Waals surface area contributed by atoms with Crippen LogP contribution in [0, 0.1) is 0 Å². The average Bonchev–Trinajstić information content (AvgIpc) is 3.19. The molecule has 22 heavy (non-hydrogen) atoms. The van der Waals surface area contributed by atoms with Crippen molar-refractivity contribution < 1.29 is 0 Å². The number of pyridine rings is 1. The quantitative estimate of drug-likeness (QED) is 0.576. The molecule has 2 heterocycles. The molecule has 0 aromatic carbocycles. The molecule has 1 aliphatic carbocycles. The van der Waals surface area contributed by atoms with Crippen molar-refractivity contribution in [1.29, 1.82) is 0 Å². The number of hydrogen-bond donors (Lipinski definition) is 3. The highest BCUT2D eigenvalue weighted by atomic mass is 15.4. The first-order valence-corrected chi connectivity index (χ1v) is 7.24. The van der Waals surface area contributed by atoms with E-state index in [0.717, 1.165) is 17.3 Å². The Bertz CT molecular complexity index is 668. The van der Waals surface area contributed by atoms with Crippen LogP contribution in [0.4, 0.5) is 0 Å². The Kier molecular flexibility index (Phi) is 4.73. The number of aromatic nitrogens is 2. The van der Waals surface area contributed by atoms with Crippen LogP contribution < -0.4 is 17.3 Å². The topological polar surface area (TPSA) is 98.6 Å². The Hall–Kier alpha value is -2.05. The van der Waals surface area contributed by atoms with Gasteiger partial charge in [-0.3, -0.25) is 0 Å². The monoisotopic (exact) mass is 302 g/mol. The molecule has 1 unspecified atom stereocenters. The third-order valence-electron chi connectivity index (χ3n) is 3.76. The van der Waals surface area contributed by atoms with Crippen molar-refractivity contribution in [3.63, 3.8) is 0 Å². The lowest BCUT2D eigenvalue weighted by Gasteiger charge is -2.14. The Labute approximate surface area is 131 Å². The van der Waals surface area contributed by atoms with E-state index in [1.165, 1.54) is 23.4 Å². The van der Waals surface area contributed by atoms with E-state index in [1.807, 2.05) is 13.1 Å². The Morgan fingerprint density at radius 3 is 2.82 bits per heavy atom. The zero-order chi connectivity index (χ0) is 15.0. The van der Waals surface area contributed by atoms with Crippen molar-refractivity contribution in [2.75, 3.05) is 0 Å². The van der Waals surface area contributed by atoms with Gasteiger partial charge in [-0.1, -0.05) is 13.5 Å². The Morgan fingerprint density at radius 2 is 2.18 bits per heavy atom. The fourth-order valence-electron chi connectivity index (χ4n) is 2.34. The Morgan fingerprint density at radius 1 is 1.45 bits per heavy atom. The second-order valence-electron chi connectivity index (χ2n) is 5.82. The van der Waals surface area contributed by atoms with Gasteiger partial charge in [-0.05, 0) is 37.3 Å². The van der Waals surface area contributed by atoms with E-state index < -0.39 is 0 Å². The molecule has 1 aliphatic rings. The van der Waals surface area contributed by atoms with Gasteiger partial charge in [-0.15, -0.1) is 0 Å². The van der Waals surface area contributed by atoms with Crippen LogP contribution >= 0.6 is 0 Å². The van der Waals surface area contributed by atoms with Crippen molar-refractivity contribution in [1.82, 2.24) is 14.4 Å². The molecule has 1 atom stereocenters. The van der Waals surface area contributed by atoms with E-state index in [-0.39, 0.29) is 13.5 Å². The largest absolute Gasteiger partial charge is 0.400 e. The maximum atomic E-state index is 5.93. The number of nitrogens with zero attached hydrogens (tertiary/aromatic N) is 3. The zero-order valence-corrected chi connectivity index (χ0v) is 12.2. The van der Waals surface area contributed by atoms with Crippen molar-refractivity contribution >= 4 is 5.65 Å². The lowest BCUT2D eigenvalue weighted by atomic mass is 10.2. The molecule has 3 rings (SSSR count). The van der Waals surface area contributed by atoms with Crippen LogP contribution in [-0.2, 0) is 6.54 Å². The molecule has 0 radical (unpaired) electrons. The molecule has 6 N–H and O–H groups in total. The summed E-state index contributed by atoms with van der Waals surface area (Å²) in [5.74, 6) is 6.66. The summed E-state index contributed by atoms with van der Waals surface area (Å²) >= 11 is 0. The van der Waals surface area contributed by atoms with E-state index in [9.17, 15) is 0 Å². The normalized spacial score (nSPS) is 16.4. The van der Waals surface area contributed by atoms with Gasteiger partial charge in [0, 0.05) is 30.3 Å². The predicted molar refractivity (Wildman–Crippen MR) is 89.5 cm³/mol. The summed E-state index contributed by atoms with van der Waals surface area (Å²) in [5, 5.41) is 1.52. The smallest absolute Gasteiger partial charge is 0.137 e. The lowest BCUT2D eigenvalue weighted by Crippen LogP contribution is -2.31. The van der Waals surface area contributed by atoms with Gasteiger partial charge in [-0.25, -0.2) is 10.8 Å². The summed E-state index contributed by atoms with van der Waals surface area (Å²) in [6.07, 6.45) is 8.42. The van der Waals surface area contributed by atoms with Crippen molar-refractivity contribution in [3.05, 3.63) is 47.7 Å². The number of rotatable bonds is 5. The minimum absolute atomic E-state index is 0. The van der Waals surface area contributed by atoms with Gasteiger partial charge in [0.1, 0.15) is 5.65 Å². The van der Waals surface area contributed by atoms with Crippen molar-refractivity contribution in [3.8, 4) is 0 Å². The van der Waals surface area contributed by atoms with E-state index in [0.29, 0.717) is 12.2 Å². The molecule has 2 aromatic rings. The highest BCUT2D eigenvalue weighted by Gasteiger charge is 2.23. The molecule has 0 spiro atoms. The molecule has 6 nitrogen and oxygen atoms in total. The van der Waals surface area contributed by atoms with Crippen molar-refractivity contribution in [2.45, 2.75) is 45.7 Å². The third kappa shape index (κ3) is 3.58. The molecule has 6 heteroatoms. The zero-order valence-electron chi connectivity index (χ0n) is 12.2. The van der Waals surface area contributed by atoms with Crippen LogP contribution in [0.25, 0.3) is 5.65 Å². The van der Waals surface area contributed by atoms with Gasteiger partial charge in [0.05, 0.1) is 12.2 Å². The summed E-state index contributed by atoms with van der Waals surface area (Å²) in [4.78, 5) is 4.57. The molecule has 0 amide bonds. The lowest BCUT2D eigenvalue weighted by molar-refractivity contribution is 0.377. The van der Waals surface area contributed by atoms with Crippen LogP contribution in [0.5, 0.6) is 0 Å². The first-order chi connectivity index (χ1) is 10.0. The van der Waals surface area contributed by atoms with Gasteiger partial charge in [0.2, 0.25) is 0 Å². The maximum absolute atomic E-state index is 5.93. The molecule has 0 aliphatic heterocycles. The molecule has 120 valence electrons. The van der Waals surface area contributed by atoms with E-state index in [2.05, 4.69) is 27.7 Å². The summed E-state index contributed by atoms with van der Waals surface area (Å²) in [6.45, 7) is 2.32. The SMILES string of the molecule is C.CC(N)/C(N)=C/N(N)Cc1cn2cc(C3CC3)ccc2n1. The summed E-state index contributed by atoms with van der Waals surface area (Å²) < 4.78 is 2.06. The van der Waals surface area contributed by atoms with Crippen molar-refractivity contribution in [2.24, 2.45) is 17.3 Å². The summed E-state index contributed by atoms with van der Waals surface area (Å²) in [7, 11) is 0. The summed E-state index contributed by atoms with van der Waals surface area (Å²) in [5.41, 5.74) is 15.3. The number of nitrogens with two attached hydrogens (primary N) is 3. The molecular weight excluding hydrogens is 276 g/mol. The van der Waals surface area contributed by atoms with Gasteiger partial charge in [0.25, 0.3) is 0 Å². The number of hydrogen-bond acceptors (Lipinski definition) is 5. The standard InChI is InChI=1S/C15H22N6.CH4/c1-10(16)14(17)9-21(18)8-13-7-20-6-12(11-2-3-11)4-5-15(20)19-13;/h4-7,9-11H,2-3,8,16-18H2,1H3;1H4/b14-9-;. The molecular formula is C16H26N6. The molecule has 1 fully saturated rings. The second kappa shape index (κ2) is 6.37. The minimum Gasteiger partial charge on any atom is -0.400 e. The third-order valence-corrected chi connectivity index (χ3v) is 3.76. The average molecular weight is 302 g/mol. The molecule has 0 saturated heterocycles. The predicted octanol–water partition coefficient (Wildman–Crippen LogP) is 1.67. The second-order valence-corrected chi connectivity index (χ2v) is 5.82. The van der Waals surface area contributed by atoms with Crippen LogP contribution in [0.2, 0.25) is 0 Å². The first kappa shape index (κ1) is 16.3. The van der Waals surface area contributed by atoms with E-state index >= 15 is 0 Å². The first-order valence-electron chi connectivity index (χ1n) is 7.24. The number of imidazole rings is 1. The highest BCUT2D eigenvalue weighted by molar-refractivity contribution is 5.42. The summed E-state index contributed by atoms with van der Waals surface area (Å²) in [6, 6.07) is 4.01. The number of hydrazine groups is 1. The van der Waals surface area contributed by atoms with E-state index in [4.69, 9.17) is 17.3 Å². The minimum atomic E-state index is -0.210. The van der Waals surface area contributed by atoms with Crippen LogP contribution in [0.1, 0.15) is 44.4 Å². The highest BCUT2D eigenvalue weighted by Crippen LogP contribution is 2.39.